The van der Waals surface area contributed by atoms with Crippen LogP contribution in [-0.2, 0) is 6.42 Å². The maximum atomic E-state index is 10.8. The first-order valence-electron chi connectivity index (χ1n) is 6.54. The summed E-state index contributed by atoms with van der Waals surface area (Å²) < 4.78 is 0. The van der Waals surface area contributed by atoms with Crippen LogP contribution in [0, 0.1) is 0 Å². The van der Waals surface area contributed by atoms with E-state index in [1.54, 1.807) is 22.7 Å². The third-order valence-corrected chi connectivity index (χ3v) is 5.55. The normalized spacial score (nSPS) is 10.7. The Hall–Kier alpha value is -1.71. The summed E-state index contributed by atoms with van der Waals surface area (Å²) in [5.41, 5.74) is 2.63. The Labute approximate surface area is 126 Å². The summed E-state index contributed by atoms with van der Waals surface area (Å²) in [5.74, 6) is 0. The van der Waals surface area contributed by atoms with Crippen LogP contribution in [0.5, 0.6) is 0 Å². The van der Waals surface area contributed by atoms with Crippen molar-refractivity contribution in [2.24, 2.45) is 0 Å². The highest BCUT2D eigenvalue weighted by Crippen LogP contribution is 2.37. The first-order chi connectivity index (χ1) is 9.80. The average molecular weight is 298 g/mol. The van der Waals surface area contributed by atoms with Crippen LogP contribution in [0.15, 0.2) is 48.5 Å². The summed E-state index contributed by atoms with van der Waals surface area (Å²) in [4.78, 5) is 15.2. The number of carbonyl (C=O) groups excluding carboxylic acids is 1. The van der Waals surface area contributed by atoms with Gasteiger partial charge in [0.1, 0.15) is 0 Å². The van der Waals surface area contributed by atoms with Crippen LogP contribution in [0.4, 0.5) is 0 Å². The highest BCUT2D eigenvalue weighted by Gasteiger charge is 2.07. The number of carbonyl (C=O) groups is 1. The van der Waals surface area contributed by atoms with Crippen LogP contribution in [0.1, 0.15) is 22.2 Å². The molecule has 2 heterocycles. The number of hydrogen-bond acceptors (Lipinski definition) is 3. The molecule has 3 aromatic rings. The second-order valence-electron chi connectivity index (χ2n) is 4.54. The lowest BCUT2D eigenvalue weighted by atomic mass is 10.1. The van der Waals surface area contributed by atoms with Crippen molar-refractivity contribution in [3.8, 4) is 20.2 Å². The van der Waals surface area contributed by atoms with Gasteiger partial charge in [0.15, 0.2) is 6.29 Å². The van der Waals surface area contributed by atoms with Crippen molar-refractivity contribution in [1.82, 2.24) is 0 Å². The Kier molecular flexibility index (Phi) is 3.81. The number of aryl methyl sites for hydroxylation is 1. The van der Waals surface area contributed by atoms with E-state index >= 15 is 0 Å². The molecule has 1 aromatic carbocycles. The highest BCUT2D eigenvalue weighted by atomic mass is 32.1. The molecule has 0 aliphatic rings. The Morgan fingerprint density at radius 3 is 2.45 bits per heavy atom. The van der Waals surface area contributed by atoms with Gasteiger partial charge in [-0.15, -0.1) is 22.7 Å². The van der Waals surface area contributed by atoms with E-state index in [-0.39, 0.29) is 0 Å². The van der Waals surface area contributed by atoms with Crippen molar-refractivity contribution in [3.63, 3.8) is 0 Å². The van der Waals surface area contributed by atoms with Crippen molar-refractivity contribution >= 4 is 29.0 Å². The maximum Gasteiger partial charge on any atom is 0.160 e. The van der Waals surface area contributed by atoms with Gasteiger partial charge in [-0.25, -0.2) is 0 Å². The lowest BCUT2D eigenvalue weighted by Gasteiger charge is -2.00. The van der Waals surface area contributed by atoms with Gasteiger partial charge < -0.3 is 0 Å². The smallest absolute Gasteiger partial charge is 0.160 e. The minimum Gasteiger partial charge on any atom is -0.297 e. The number of hydrogen-bond donors (Lipinski definition) is 0. The molecule has 20 heavy (non-hydrogen) atoms. The second-order valence-corrected chi connectivity index (χ2v) is 6.74. The molecule has 0 fully saturated rings. The van der Waals surface area contributed by atoms with E-state index in [4.69, 9.17) is 0 Å². The number of rotatable bonds is 4. The SMILES string of the molecule is CCc1cccc(-c2ccc(-c3ccc(C=O)s3)s2)c1. The quantitative estimate of drug-likeness (QED) is 0.580. The van der Waals surface area contributed by atoms with Gasteiger partial charge in [0.25, 0.3) is 0 Å². The van der Waals surface area contributed by atoms with Gasteiger partial charge in [0.05, 0.1) is 4.88 Å². The van der Waals surface area contributed by atoms with Crippen LogP contribution in [-0.4, -0.2) is 6.29 Å². The van der Waals surface area contributed by atoms with Crippen molar-refractivity contribution in [2.75, 3.05) is 0 Å². The van der Waals surface area contributed by atoms with Gasteiger partial charge in [0.2, 0.25) is 0 Å². The molecule has 0 saturated carbocycles. The van der Waals surface area contributed by atoms with E-state index in [0.29, 0.717) is 0 Å². The van der Waals surface area contributed by atoms with Crippen LogP contribution >= 0.6 is 22.7 Å². The van der Waals surface area contributed by atoms with Crippen molar-refractivity contribution in [1.29, 1.82) is 0 Å². The lowest BCUT2D eigenvalue weighted by Crippen LogP contribution is -1.79. The van der Waals surface area contributed by atoms with Gasteiger partial charge in [-0.05, 0) is 41.8 Å². The predicted octanol–water partition coefficient (Wildman–Crippen LogP) is 5.52. The summed E-state index contributed by atoms with van der Waals surface area (Å²) >= 11 is 3.32. The zero-order chi connectivity index (χ0) is 13.9. The molecule has 2 aromatic heterocycles. The molecular formula is C17H14OS2. The van der Waals surface area contributed by atoms with E-state index in [2.05, 4.69) is 43.3 Å². The predicted molar refractivity (Wildman–Crippen MR) is 87.8 cm³/mol. The van der Waals surface area contributed by atoms with E-state index in [9.17, 15) is 4.79 Å². The molecule has 0 spiro atoms. The molecule has 100 valence electrons. The summed E-state index contributed by atoms with van der Waals surface area (Å²) in [6, 6.07) is 16.9. The third kappa shape index (κ3) is 2.60. The van der Waals surface area contributed by atoms with Crippen molar-refractivity contribution < 1.29 is 4.79 Å². The van der Waals surface area contributed by atoms with E-state index < -0.39 is 0 Å². The maximum absolute atomic E-state index is 10.8. The van der Waals surface area contributed by atoms with Gasteiger partial charge in [0, 0.05) is 14.6 Å². The molecule has 0 amide bonds. The molecule has 0 unspecified atom stereocenters. The number of thiophene rings is 2. The van der Waals surface area contributed by atoms with Crippen molar-refractivity contribution in [2.45, 2.75) is 13.3 Å². The molecule has 1 nitrogen and oxygen atoms in total. The summed E-state index contributed by atoms with van der Waals surface area (Å²) in [7, 11) is 0. The largest absolute Gasteiger partial charge is 0.297 e. The zero-order valence-electron chi connectivity index (χ0n) is 11.1. The van der Waals surface area contributed by atoms with E-state index in [1.807, 2.05) is 12.1 Å². The van der Waals surface area contributed by atoms with Gasteiger partial charge >= 0.3 is 0 Å². The minimum absolute atomic E-state index is 0.780. The molecule has 3 rings (SSSR count). The van der Waals surface area contributed by atoms with Crippen molar-refractivity contribution in [3.05, 3.63) is 59.0 Å². The van der Waals surface area contributed by atoms with E-state index in [1.165, 1.54) is 20.9 Å². The third-order valence-electron chi connectivity index (χ3n) is 3.21. The summed E-state index contributed by atoms with van der Waals surface area (Å²) in [6.07, 6.45) is 1.97. The fourth-order valence-electron chi connectivity index (χ4n) is 2.12. The first-order valence-corrected chi connectivity index (χ1v) is 8.18. The summed E-state index contributed by atoms with van der Waals surface area (Å²) in [5, 5.41) is 0. The molecule has 0 radical (unpaired) electrons. The van der Waals surface area contributed by atoms with Crippen LogP contribution in [0.3, 0.4) is 0 Å². The molecular weight excluding hydrogens is 284 g/mol. The molecule has 0 aliphatic carbocycles. The number of aldehydes is 1. The second kappa shape index (κ2) is 5.73. The Morgan fingerprint density at radius 1 is 0.950 bits per heavy atom. The standard InChI is InChI=1S/C17H14OS2/c1-2-12-4-3-5-13(10-12)15-8-9-17(20-15)16-7-6-14(11-18)19-16/h3-11H,2H2,1H3. The van der Waals surface area contributed by atoms with Crippen LogP contribution in [0.25, 0.3) is 20.2 Å². The highest BCUT2D eigenvalue weighted by molar-refractivity contribution is 7.24. The fraction of sp³-hybridized carbons (Fsp3) is 0.118. The zero-order valence-corrected chi connectivity index (χ0v) is 12.8. The van der Waals surface area contributed by atoms with E-state index in [0.717, 1.165) is 22.5 Å². The van der Waals surface area contributed by atoms with Crippen LogP contribution < -0.4 is 0 Å². The van der Waals surface area contributed by atoms with Gasteiger partial charge in [-0.2, -0.15) is 0 Å². The molecule has 0 bridgehead atoms. The average Bonchev–Trinajstić information content (AvgIpc) is 3.15. The number of benzene rings is 1. The lowest BCUT2D eigenvalue weighted by molar-refractivity contribution is 0.112. The van der Waals surface area contributed by atoms with Gasteiger partial charge in [-0.3, -0.25) is 4.79 Å². The topological polar surface area (TPSA) is 17.1 Å². The molecule has 0 saturated heterocycles. The fourth-order valence-corrected chi connectivity index (χ4v) is 4.03. The Balaban J connectivity index is 1.94. The Morgan fingerprint density at radius 2 is 1.70 bits per heavy atom. The monoisotopic (exact) mass is 298 g/mol. The molecule has 0 aliphatic heterocycles. The molecule has 0 N–H and O–H groups in total. The molecule has 0 atom stereocenters. The molecule has 3 heteroatoms. The Bertz CT molecular complexity index is 737. The first kappa shape index (κ1) is 13.3. The minimum atomic E-state index is 0.780. The summed E-state index contributed by atoms with van der Waals surface area (Å²) in [6.45, 7) is 2.17. The van der Waals surface area contributed by atoms with Gasteiger partial charge in [-0.1, -0.05) is 31.2 Å². The van der Waals surface area contributed by atoms with Crippen LogP contribution in [0.2, 0.25) is 0 Å².